The van der Waals surface area contributed by atoms with Crippen molar-refractivity contribution in [3.8, 4) is 12.3 Å². The summed E-state index contributed by atoms with van der Waals surface area (Å²) in [4.78, 5) is 0. The molecule has 2 atom stereocenters. The molecule has 1 aromatic rings. The molecule has 1 nitrogen and oxygen atoms in total. The number of terminal acetylenes is 1. The fourth-order valence-corrected chi connectivity index (χ4v) is 2.21. The van der Waals surface area contributed by atoms with Gasteiger partial charge in [-0.25, -0.2) is 0 Å². The van der Waals surface area contributed by atoms with E-state index in [1.807, 2.05) is 30.3 Å². The lowest BCUT2D eigenvalue weighted by atomic mass is 9.83. The van der Waals surface area contributed by atoms with Crippen molar-refractivity contribution in [2.45, 2.75) is 25.7 Å². The van der Waals surface area contributed by atoms with Gasteiger partial charge >= 0.3 is 0 Å². The molecule has 2 unspecified atom stereocenters. The van der Waals surface area contributed by atoms with Crippen LogP contribution >= 0.6 is 11.6 Å². The quantitative estimate of drug-likeness (QED) is 0.606. The minimum Gasteiger partial charge on any atom is -0.392 e. The fraction of sp³-hybridized carbons (Fsp3) is 0.375. The smallest absolute Gasteiger partial charge is 0.0612 e. The second kappa shape index (κ2) is 7.97. The van der Waals surface area contributed by atoms with Gasteiger partial charge < -0.3 is 5.11 Å². The van der Waals surface area contributed by atoms with Crippen LogP contribution in [0.25, 0.3) is 0 Å². The molecule has 18 heavy (non-hydrogen) atoms. The second-order valence-corrected chi connectivity index (χ2v) is 4.70. The van der Waals surface area contributed by atoms with E-state index >= 15 is 0 Å². The normalized spacial score (nSPS) is 14.3. The van der Waals surface area contributed by atoms with E-state index in [0.717, 1.165) is 18.4 Å². The van der Waals surface area contributed by atoms with Crippen molar-refractivity contribution in [2.24, 2.45) is 5.92 Å². The highest BCUT2D eigenvalue weighted by Gasteiger charge is 2.18. The minimum absolute atomic E-state index is 0.0324. The minimum atomic E-state index is 0.0324. The summed E-state index contributed by atoms with van der Waals surface area (Å²) >= 11 is 5.89. The van der Waals surface area contributed by atoms with Gasteiger partial charge in [0.1, 0.15) is 0 Å². The van der Waals surface area contributed by atoms with Gasteiger partial charge in [0.2, 0.25) is 0 Å². The monoisotopic (exact) mass is 262 g/mol. The second-order valence-electron chi connectivity index (χ2n) is 4.26. The molecule has 0 aliphatic carbocycles. The van der Waals surface area contributed by atoms with Crippen LogP contribution in [0.1, 0.15) is 31.2 Å². The summed E-state index contributed by atoms with van der Waals surface area (Å²) in [5.41, 5.74) is 1.10. The third-order valence-corrected chi connectivity index (χ3v) is 3.20. The van der Waals surface area contributed by atoms with Crippen LogP contribution in [-0.2, 0) is 0 Å². The average molecular weight is 263 g/mol. The van der Waals surface area contributed by atoms with Crippen molar-refractivity contribution in [2.75, 3.05) is 6.61 Å². The Labute approximate surface area is 114 Å². The first-order chi connectivity index (χ1) is 8.72. The van der Waals surface area contributed by atoms with Crippen molar-refractivity contribution >= 4 is 11.6 Å². The van der Waals surface area contributed by atoms with Crippen LogP contribution < -0.4 is 0 Å². The molecule has 2 heteroatoms. The predicted octanol–water partition coefficient (Wildman–Crippen LogP) is 4.02. The van der Waals surface area contributed by atoms with Crippen LogP contribution in [0.4, 0.5) is 0 Å². The summed E-state index contributed by atoms with van der Waals surface area (Å²) in [7, 11) is 0. The Kier molecular flexibility index (Phi) is 6.57. The van der Waals surface area contributed by atoms with Gasteiger partial charge in [0.25, 0.3) is 0 Å². The number of allylic oxidation sites excluding steroid dienone is 1. The third kappa shape index (κ3) is 4.22. The van der Waals surface area contributed by atoms with E-state index in [9.17, 15) is 0 Å². The molecule has 96 valence electrons. The summed E-state index contributed by atoms with van der Waals surface area (Å²) in [6.07, 6.45) is 11.5. The molecule has 0 radical (unpaired) electrons. The summed E-state index contributed by atoms with van der Waals surface area (Å²) < 4.78 is 0. The summed E-state index contributed by atoms with van der Waals surface area (Å²) in [6, 6.07) is 7.67. The lowest BCUT2D eigenvalue weighted by molar-refractivity contribution is 0.341. The summed E-state index contributed by atoms with van der Waals surface area (Å²) in [5, 5.41) is 9.60. The Morgan fingerprint density at radius 1 is 1.39 bits per heavy atom. The Hall–Kier alpha value is -1.23. The zero-order chi connectivity index (χ0) is 13.4. The number of hydrogen-bond donors (Lipinski definition) is 1. The maximum absolute atomic E-state index is 8.89. The third-order valence-electron chi connectivity index (χ3n) is 2.95. The van der Waals surface area contributed by atoms with E-state index in [2.05, 4.69) is 12.8 Å². The first kappa shape index (κ1) is 14.8. The van der Waals surface area contributed by atoms with Gasteiger partial charge in [-0.05, 0) is 30.0 Å². The molecule has 1 rings (SSSR count). The SMILES string of the molecule is C#CC(c1ccc(Cl)cc1)C(/C=C/CO)CCC. The Balaban J connectivity index is 2.94. The van der Waals surface area contributed by atoms with E-state index in [1.54, 1.807) is 6.08 Å². The van der Waals surface area contributed by atoms with E-state index < -0.39 is 0 Å². The number of halogens is 1. The molecule has 0 aliphatic heterocycles. The highest BCUT2D eigenvalue weighted by Crippen LogP contribution is 2.29. The van der Waals surface area contributed by atoms with Gasteiger partial charge in [-0.2, -0.15) is 0 Å². The number of rotatable bonds is 6. The van der Waals surface area contributed by atoms with Gasteiger partial charge in [0.15, 0.2) is 0 Å². The molecule has 0 saturated heterocycles. The zero-order valence-electron chi connectivity index (χ0n) is 10.6. The molecule has 1 N–H and O–H groups in total. The largest absolute Gasteiger partial charge is 0.392 e. The zero-order valence-corrected chi connectivity index (χ0v) is 11.4. The first-order valence-electron chi connectivity index (χ1n) is 6.22. The number of aliphatic hydroxyl groups excluding tert-OH is 1. The van der Waals surface area contributed by atoms with Crippen molar-refractivity contribution in [3.05, 3.63) is 47.0 Å². The van der Waals surface area contributed by atoms with Gasteiger partial charge in [0, 0.05) is 5.02 Å². The fourth-order valence-electron chi connectivity index (χ4n) is 2.08. The molecule has 0 fully saturated rings. The van der Waals surface area contributed by atoms with Crippen molar-refractivity contribution in [3.63, 3.8) is 0 Å². The van der Waals surface area contributed by atoms with Gasteiger partial charge in [-0.1, -0.05) is 55.2 Å². The van der Waals surface area contributed by atoms with Gasteiger partial charge in [-0.15, -0.1) is 6.42 Å². The van der Waals surface area contributed by atoms with E-state index in [1.165, 1.54) is 0 Å². The summed E-state index contributed by atoms with van der Waals surface area (Å²) in [5.74, 6) is 3.15. The maximum Gasteiger partial charge on any atom is 0.0612 e. The number of benzene rings is 1. The van der Waals surface area contributed by atoms with Crippen LogP contribution in [-0.4, -0.2) is 11.7 Å². The van der Waals surface area contributed by atoms with Crippen LogP contribution in [0.2, 0.25) is 5.02 Å². The standard InChI is InChI=1S/C16H19ClO/c1-3-6-13(7-5-12-18)16(4-2)14-8-10-15(17)11-9-14/h2,5,7-11,13,16,18H,3,6,12H2,1H3/b7-5+. The average Bonchev–Trinajstić information content (AvgIpc) is 2.39. The molecular formula is C16H19ClO. The number of hydrogen-bond acceptors (Lipinski definition) is 1. The molecular weight excluding hydrogens is 244 g/mol. The topological polar surface area (TPSA) is 20.2 Å². The van der Waals surface area contributed by atoms with Crippen LogP contribution in [0, 0.1) is 18.3 Å². The van der Waals surface area contributed by atoms with Gasteiger partial charge in [0.05, 0.1) is 12.5 Å². The van der Waals surface area contributed by atoms with Gasteiger partial charge in [-0.3, -0.25) is 0 Å². The highest BCUT2D eigenvalue weighted by molar-refractivity contribution is 6.30. The molecule has 0 spiro atoms. The van der Waals surface area contributed by atoms with E-state index in [-0.39, 0.29) is 18.4 Å². The lowest BCUT2D eigenvalue weighted by Crippen LogP contribution is -2.09. The number of aliphatic hydroxyl groups is 1. The lowest BCUT2D eigenvalue weighted by Gasteiger charge is -2.20. The van der Waals surface area contributed by atoms with Crippen LogP contribution in [0.15, 0.2) is 36.4 Å². The molecule has 0 aromatic heterocycles. The molecule has 0 bridgehead atoms. The molecule has 1 aromatic carbocycles. The predicted molar refractivity (Wildman–Crippen MR) is 77.6 cm³/mol. The Morgan fingerprint density at radius 2 is 2.06 bits per heavy atom. The van der Waals surface area contributed by atoms with Crippen LogP contribution in [0.5, 0.6) is 0 Å². The maximum atomic E-state index is 8.89. The Morgan fingerprint density at radius 3 is 2.56 bits per heavy atom. The first-order valence-corrected chi connectivity index (χ1v) is 6.59. The van der Waals surface area contributed by atoms with Crippen molar-refractivity contribution < 1.29 is 5.11 Å². The van der Waals surface area contributed by atoms with Crippen molar-refractivity contribution in [1.29, 1.82) is 0 Å². The van der Waals surface area contributed by atoms with E-state index in [4.69, 9.17) is 23.1 Å². The molecule has 0 amide bonds. The Bertz CT molecular complexity index is 414. The van der Waals surface area contributed by atoms with E-state index in [0.29, 0.717) is 5.02 Å². The molecule has 0 heterocycles. The van der Waals surface area contributed by atoms with Crippen molar-refractivity contribution in [1.82, 2.24) is 0 Å². The highest BCUT2D eigenvalue weighted by atomic mass is 35.5. The molecule has 0 saturated carbocycles. The molecule has 0 aliphatic rings. The van der Waals surface area contributed by atoms with Crippen LogP contribution in [0.3, 0.4) is 0 Å². The summed E-state index contributed by atoms with van der Waals surface area (Å²) in [6.45, 7) is 2.19.